The quantitative estimate of drug-likeness (QED) is 0.419. The standard InChI is InChI=1S/C6H9/c1-4-5-6(2)3/h1,6H,2,5H2,3H3/t6-/m0/s1. The van der Waals surface area contributed by atoms with Crippen molar-refractivity contribution >= 4 is 0 Å². The first-order chi connectivity index (χ1) is 2.77. The lowest BCUT2D eigenvalue weighted by molar-refractivity contribution is 0.755. The van der Waals surface area contributed by atoms with E-state index in [0.717, 1.165) is 6.42 Å². The van der Waals surface area contributed by atoms with E-state index in [-0.39, 0.29) is 0 Å². The molecule has 0 unspecified atom stereocenters. The maximum atomic E-state index is 4.94. The van der Waals surface area contributed by atoms with E-state index >= 15 is 0 Å². The normalized spacial score (nSPS) is 8.33. The van der Waals surface area contributed by atoms with Crippen LogP contribution in [0.25, 0.3) is 0 Å². The second-order valence-corrected chi connectivity index (χ2v) is 1.51. The highest BCUT2D eigenvalue weighted by Gasteiger charge is 1.83. The van der Waals surface area contributed by atoms with Gasteiger partial charge in [0.15, 0.2) is 0 Å². The van der Waals surface area contributed by atoms with Gasteiger partial charge >= 0.3 is 0 Å². The van der Waals surface area contributed by atoms with Crippen molar-refractivity contribution in [2.45, 2.75) is 13.3 Å². The third-order valence-corrected chi connectivity index (χ3v) is 0.466. The first kappa shape index (κ1) is 5.56. The molecule has 0 aliphatic heterocycles. The maximum absolute atomic E-state index is 4.94. The van der Waals surface area contributed by atoms with Crippen LogP contribution < -0.4 is 0 Å². The predicted octanol–water partition coefficient (Wildman–Crippen LogP) is 1.48. The van der Waals surface area contributed by atoms with E-state index in [1.165, 1.54) is 0 Å². The molecule has 1 atom stereocenters. The molecule has 0 nitrogen and oxygen atoms in total. The van der Waals surface area contributed by atoms with Crippen LogP contribution in [-0.2, 0) is 0 Å². The fraction of sp³-hybridized carbons (Fsp3) is 0.500. The Hall–Kier alpha value is -0.440. The molecule has 0 bridgehead atoms. The third-order valence-electron chi connectivity index (χ3n) is 0.466. The predicted molar refractivity (Wildman–Crippen MR) is 28.0 cm³/mol. The summed E-state index contributed by atoms with van der Waals surface area (Å²) in [5, 5.41) is 0. The first-order valence-electron chi connectivity index (χ1n) is 2.04. The van der Waals surface area contributed by atoms with E-state index in [1.807, 2.05) is 6.92 Å². The molecule has 0 N–H and O–H groups in total. The molecular formula is C6H9. The van der Waals surface area contributed by atoms with Crippen molar-refractivity contribution in [2.24, 2.45) is 5.92 Å². The number of hydrogen-bond acceptors (Lipinski definition) is 0. The summed E-state index contributed by atoms with van der Waals surface area (Å²) < 4.78 is 0. The summed E-state index contributed by atoms with van der Waals surface area (Å²) in [6.45, 7) is 5.69. The van der Waals surface area contributed by atoms with Crippen molar-refractivity contribution in [3.63, 3.8) is 0 Å². The van der Waals surface area contributed by atoms with Gasteiger partial charge in [0.2, 0.25) is 0 Å². The Morgan fingerprint density at radius 3 is 2.50 bits per heavy atom. The van der Waals surface area contributed by atoms with E-state index in [2.05, 4.69) is 12.8 Å². The van der Waals surface area contributed by atoms with Gasteiger partial charge in [-0.15, -0.1) is 12.3 Å². The SMILES string of the molecule is C#CC[C@@H]([CH2])C. The highest BCUT2D eigenvalue weighted by molar-refractivity contribution is 4.85. The fourth-order valence-electron chi connectivity index (χ4n) is 0.201. The van der Waals surface area contributed by atoms with Gasteiger partial charge < -0.3 is 0 Å². The molecule has 0 saturated heterocycles. The summed E-state index contributed by atoms with van der Waals surface area (Å²) in [5.74, 6) is 2.92. The first-order valence-corrected chi connectivity index (χ1v) is 2.04. The van der Waals surface area contributed by atoms with Crippen molar-refractivity contribution in [3.8, 4) is 12.3 Å². The van der Waals surface area contributed by atoms with Crippen LogP contribution in [0.5, 0.6) is 0 Å². The summed E-state index contributed by atoms with van der Waals surface area (Å²) in [5.41, 5.74) is 0. The van der Waals surface area contributed by atoms with Gasteiger partial charge in [-0.1, -0.05) is 6.92 Å². The van der Waals surface area contributed by atoms with Crippen molar-refractivity contribution in [2.75, 3.05) is 0 Å². The van der Waals surface area contributed by atoms with E-state index in [0.29, 0.717) is 5.92 Å². The zero-order valence-corrected chi connectivity index (χ0v) is 4.07. The Balaban J connectivity index is 2.88. The monoisotopic (exact) mass is 81.1 g/mol. The van der Waals surface area contributed by atoms with E-state index < -0.39 is 0 Å². The van der Waals surface area contributed by atoms with Gasteiger partial charge in [0.1, 0.15) is 0 Å². The third kappa shape index (κ3) is 3.56. The Bertz CT molecular complexity index is 54.9. The molecule has 0 rings (SSSR count). The average molecular weight is 81.1 g/mol. The van der Waals surface area contributed by atoms with Crippen molar-refractivity contribution in [1.29, 1.82) is 0 Å². The van der Waals surface area contributed by atoms with Crippen LogP contribution >= 0.6 is 0 Å². The van der Waals surface area contributed by atoms with Gasteiger partial charge in [-0.25, -0.2) is 0 Å². The van der Waals surface area contributed by atoms with Crippen molar-refractivity contribution in [1.82, 2.24) is 0 Å². The molecule has 33 valence electrons. The van der Waals surface area contributed by atoms with Crippen LogP contribution in [0.2, 0.25) is 0 Å². The lowest BCUT2D eigenvalue weighted by atomic mass is 10.1. The van der Waals surface area contributed by atoms with Gasteiger partial charge in [-0.05, 0) is 12.8 Å². The van der Waals surface area contributed by atoms with Crippen LogP contribution in [0.1, 0.15) is 13.3 Å². The molecular weight excluding hydrogens is 72.1 g/mol. The van der Waals surface area contributed by atoms with Crippen LogP contribution in [0, 0.1) is 25.2 Å². The minimum absolute atomic E-state index is 0.412. The Kier molecular flexibility index (Phi) is 2.58. The molecule has 1 radical (unpaired) electrons. The smallest absolute Gasteiger partial charge is 0.0112 e. The molecule has 6 heavy (non-hydrogen) atoms. The van der Waals surface area contributed by atoms with Crippen molar-refractivity contribution in [3.05, 3.63) is 6.92 Å². The second kappa shape index (κ2) is 2.78. The molecule has 0 heterocycles. The largest absolute Gasteiger partial charge is 0.120 e. The van der Waals surface area contributed by atoms with Crippen molar-refractivity contribution < 1.29 is 0 Å². The minimum Gasteiger partial charge on any atom is -0.120 e. The van der Waals surface area contributed by atoms with Gasteiger partial charge in [0.25, 0.3) is 0 Å². The van der Waals surface area contributed by atoms with E-state index in [1.54, 1.807) is 0 Å². The summed E-state index contributed by atoms with van der Waals surface area (Å²) in [7, 11) is 0. The van der Waals surface area contributed by atoms with Gasteiger partial charge in [0.05, 0.1) is 0 Å². The average Bonchev–Trinajstić information content (AvgIpc) is 1.35. The van der Waals surface area contributed by atoms with Gasteiger partial charge in [-0.3, -0.25) is 0 Å². The minimum atomic E-state index is 0.412. The lowest BCUT2D eigenvalue weighted by Gasteiger charge is -1.90. The summed E-state index contributed by atoms with van der Waals surface area (Å²) in [6.07, 6.45) is 5.73. The topological polar surface area (TPSA) is 0 Å². The van der Waals surface area contributed by atoms with Crippen LogP contribution in [0.15, 0.2) is 0 Å². The number of hydrogen-bond donors (Lipinski definition) is 0. The molecule has 0 fully saturated rings. The summed E-state index contributed by atoms with van der Waals surface area (Å²) in [4.78, 5) is 0. The molecule has 0 aromatic carbocycles. The number of rotatable bonds is 1. The zero-order chi connectivity index (χ0) is 4.99. The Morgan fingerprint density at radius 1 is 2.00 bits per heavy atom. The Labute approximate surface area is 39.6 Å². The fourth-order valence-corrected chi connectivity index (χ4v) is 0.201. The van der Waals surface area contributed by atoms with Crippen LogP contribution in [-0.4, -0.2) is 0 Å². The van der Waals surface area contributed by atoms with E-state index in [4.69, 9.17) is 6.42 Å². The second-order valence-electron chi connectivity index (χ2n) is 1.51. The highest BCUT2D eigenvalue weighted by atomic mass is 13.9. The summed E-state index contributed by atoms with van der Waals surface area (Å²) in [6, 6.07) is 0. The lowest BCUT2D eigenvalue weighted by Crippen LogP contribution is -1.80. The molecule has 0 spiro atoms. The number of terminal acetylenes is 1. The summed E-state index contributed by atoms with van der Waals surface area (Å²) >= 11 is 0. The molecule has 0 saturated carbocycles. The van der Waals surface area contributed by atoms with Crippen LogP contribution in [0.4, 0.5) is 0 Å². The molecule has 0 aromatic heterocycles. The molecule has 0 aliphatic carbocycles. The van der Waals surface area contributed by atoms with Gasteiger partial charge in [-0.2, -0.15) is 0 Å². The zero-order valence-electron chi connectivity index (χ0n) is 4.07. The Morgan fingerprint density at radius 2 is 2.50 bits per heavy atom. The molecule has 0 heteroatoms. The van der Waals surface area contributed by atoms with Gasteiger partial charge in [0, 0.05) is 6.42 Å². The molecule has 0 aliphatic rings. The van der Waals surface area contributed by atoms with E-state index in [9.17, 15) is 0 Å². The molecule has 0 amide bonds. The molecule has 0 aromatic rings. The highest BCUT2D eigenvalue weighted by Crippen LogP contribution is 1.93. The van der Waals surface area contributed by atoms with Crippen LogP contribution in [0.3, 0.4) is 0 Å². The maximum Gasteiger partial charge on any atom is 0.0112 e.